The topological polar surface area (TPSA) is 88.9 Å². The lowest BCUT2D eigenvalue weighted by atomic mass is 10.1. The van der Waals surface area contributed by atoms with E-state index in [1.54, 1.807) is 42.8 Å². The van der Waals surface area contributed by atoms with Crippen molar-refractivity contribution in [2.24, 2.45) is 0 Å². The van der Waals surface area contributed by atoms with Gasteiger partial charge in [-0.1, -0.05) is 12.1 Å². The van der Waals surface area contributed by atoms with Gasteiger partial charge in [-0.2, -0.15) is 5.10 Å². The van der Waals surface area contributed by atoms with Gasteiger partial charge in [0.15, 0.2) is 0 Å². The van der Waals surface area contributed by atoms with Gasteiger partial charge in [0.25, 0.3) is 11.8 Å². The molecule has 156 valence electrons. The summed E-state index contributed by atoms with van der Waals surface area (Å²) in [5.74, 6) is -0.822. The molecule has 0 aliphatic carbocycles. The molecule has 0 spiro atoms. The van der Waals surface area contributed by atoms with Gasteiger partial charge >= 0.3 is 0 Å². The third-order valence-electron chi connectivity index (χ3n) is 4.80. The van der Waals surface area contributed by atoms with Gasteiger partial charge in [0.1, 0.15) is 18.0 Å². The largest absolute Gasteiger partial charge is 0.342 e. The number of amides is 2. The first-order valence-electron chi connectivity index (χ1n) is 9.66. The number of halogens is 1. The molecule has 2 N–H and O–H groups in total. The van der Waals surface area contributed by atoms with E-state index in [0.29, 0.717) is 23.6 Å². The number of carbonyl (C=O) groups is 2. The van der Waals surface area contributed by atoms with Gasteiger partial charge in [0.05, 0.1) is 11.6 Å². The lowest BCUT2D eigenvalue weighted by molar-refractivity contribution is 0.0936. The molecule has 2 amide bonds. The molecule has 1 aromatic heterocycles. The number of nitrogens with one attached hydrogen (secondary N) is 2. The van der Waals surface area contributed by atoms with E-state index >= 15 is 0 Å². The Hall–Kier alpha value is -3.55. The normalized spacial score (nSPS) is 11.8. The SMILES string of the molecule is CCn1ncnc1C(C)NC(=O)c1ccc(C)c(NC(=O)c2ccc(C)cc2F)c1. The van der Waals surface area contributed by atoms with Crippen LogP contribution in [-0.2, 0) is 6.54 Å². The van der Waals surface area contributed by atoms with Gasteiger partial charge in [-0.05, 0) is 63.1 Å². The average Bonchev–Trinajstić information content (AvgIpc) is 3.18. The zero-order valence-electron chi connectivity index (χ0n) is 17.4. The van der Waals surface area contributed by atoms with Crippen molar-refractivity contribution in [3.05, 3.63) is 76.6 Å². The number of aromatic nitrogens is 3. The summed E-state index contributed by atoms with van der Waals surface area (Å²) < 4.78 is 15.8. The molecule has 0 bridgehead atoms. The van der Waals surface area contributed by atoms with Crippen molar-refractivity contribution in [1.82, 2.24) is 20.1 Å². The van der Waals surface area contributed by atoms with E-state index < -0.39 is 11.7 Å². The van der Waals surface area contributed by atoms with Gasteiger partial charge in [-0.3, -0.25) is 9.59 Å². The predicted octanol–water partition coefficient (Wildman–Crippen LogP) is 3.80. The first-order valence-corrected chi connectivity index (χ1v) is 9.66. The molecular formula is C22H24FN5O2. The van der Waals surface area contributed by atoms with Crippen molar-refractivity contribution in [1.29, 1.82) is 0 Å². The Bertz CT molecular complexity index is 1090. The smallest absolute Gasteiger partial charge is 0.258 e. The lowest BCUT2D eigenvalue weighted by Gasteiger charge is -2.15. The highest BCUT2D eigenvalue weighted by Crippen LogP contribution is 2.20. The van der Waals surface area contributed by atoms with Gasteiger partial charge in [-0.25, -0.2) is 14.1 Å². The molecule has 3 rings (SSSR count). The number of carbonyl (C=O) groups excluding carboxylic acids is 2. The Labute approximate surface area is 174 Å². The first-order chi connectivity index (χ1) is 14.3. The molecule has 1 unspecified atom stereocenters. The maximum atomic E-state index is 14.1. The molecular weight excluding hydrogens is 385 g/mol. The highest BCUT2D eigenvalue weighted by atomic mass is 19.1. The lowest BCUT2D eigenvalue weighted by Crippen LogP contribution is -2.29. The summed E-state index contributed by atoms with van der Waals surface area (Å²) in [6, 6.07) is 9.05. The third kappa shape index (κ3) is 4.53. The molecule has 0 saturated carbocycles. The van der Waals surface area contributed by atoms with E-state index in [0.717, 1.165) is 11.1 Å². The average molecular weight is 409 g/mol. The maximum Gasteiger partial charge on any atom is 0.258 e. The van der Waals surface area contributed by atoms with E-state index in [2.05, 4.69) is 20.7 Å². The monoisotopic (exact) mass is 409 g/mol. The molecule has 1 atom stereocenters. The third-order valence-corrected chi connectivity index (χ3v) is 4.80. The fourth-order valence-corrected chi connectivity index (χ4v) is 3.09. The summed E-state index contributed by atoms with van der Waals surface area (Å²) in [5, 5.41) is 9.69. The van der Waals surface area contributed by atoms with Crippen molar-refractivity contribution in [3.63, 3.8) is 0 Å². The van der Waals surface area contributed by atoms with E-state index in [4.69, 9.17) is 0 Å². The molecule has 3 aromatic rings. The molecule has 8 heteroatoms. The second kappa shape index (κ2) is 8.86. The molecule has 7 nitrogen and oxygen atoms in total. The van der Waals surface area contributed by atoms with Crippen LogP contribution in [0.15, 0.2) is 42.7 Å². The molecule has 1 heterocycles. The second-order valence-corrected chi connectivity index (χ2v) is 7.10. The molecule has 0 aliphatic heterocycles. The summed E-state index contributed by atoms with van der Waals surface area (Å²) in [5.41, 5.74) is 2.24. The number of benzene rings is 2. The summed E-state index contributed by atoms with van der Waals surface area (Å²) in [7, 11) is 0. The fraction of sp³-hybridized carbons (Fsp3) is 0.273. The quantitative estimate of drug-likeness (QED) is 0.648. The van der Waals surface area contributed by atoms with Gasteiger partial charge in [-0.15, -0.1) is 0 Å². The number of anilines is 1. The van der Waals surface area contributed by atoms with E-state index in [1.807, 2.05) is 13.8 Å². The van der Waals surface area contributed by atoms with Crippen LogP contribution in [-0.4, -0.2) is 26.6 Å². The van der Waals surface area contributed by atoms with Crippen molar-refractivity contribution in [2.75, 3.05) is 5.32 Å². The molecule has 2 aromatic carbocycles. The number of nitrogens with zero attached hydrogens (tertiary/aromatic N) is 3. The number of aryl methyl sites for hydroxylation is 3. The number of hydrogen-bond acceptors (Lipinski definition) is 4. The van der Waals surface area contributed by atoms with Crippen LogP contribution in [0.5, 0.6) is 0 Å². The van der Waals surface area contributed by atoms with E-state index in [1.165, 1.54) is 18.5 Å². The van der Waals surface area contributed by atoms with Gasteiger partial charge < -0.3 is 10.6 Å². The maximum absolute atomic E-state index is 14.1. The molecule has 0 fully saturated rings. The highest BCUT2D eigenvalue weighted by Gasteiger charge is 2.18. The van der Waals surface area contributed by atoms with E-state index in [-0.39, 0.29) is 17.5 Å². The van der Waals surface area contributed by atoms with Crippen molar-refractivity contribution in [3.8, 4) is 0 Å². The summed E-state index contributed by atoms with van der Waals surface area (Å²) >= 11 is 0. The van der Waals surface area contributed by atoms with Gasteiger partial charge in [0, 0.05) is 17.8 Å². The zero-order chi connectivity index (χ0) is 21.8. The summed E-state index contributed by atoms with van der Waals surface area (Å²) in [6.45, 7) is 7.96. The van der Waals surface area contributed by atoms with Crippen LogP contribution in [0.4, 0.5) is 10.1 Å². The Morgan fingerprint density at radius 3 is 2.60 bits per heavy atom. The van der Waals surface area contributed by atoms with Crippen LogP contribution < -0.4 is 10.6 Å². The molecule has 0 radical (unpaired) electrons. The highest BCUT2D eigenvalue weighted by molar-refractivity contribution is 6.05. The van der Waals surface area contributed by atoms with Crippen LogP contribution in [0.2, 0.25) is 0 Å². The summed E-state index contributed by atoms with van der Waals surface area (Å²) in [4.78, 5) is 29.4. The minimum Gasteiger partial charge on any atom is -0.342 e. The fourth-order valence-electron chi connectivity index (χ4n) is 3.09. The minimum atomic E-state index is -0.590. The Morgan fingerprint density at radius 2 is 1.90 bits per heavy atom. The minimum absolute atomic E-state index is 0.0534. The Morgan fingerprint density at radius 1 is 1.13 bits per heavy atom. The first kappa shape index (κ1) is 21.2. The second-order valence-electron chi connectivity index (χ2n) is 7.10. The van der Waals surface area contributed by atoms with Crippen LogP contribution in [0.25, 0.3) is 0 Å². The van der Waals surface area contributed by atoms with Crippen LogP contribution in [0.3, 0.4) is 0 Å². The van der Waals surface area contributed by atoms with Crippen molar-refractivity contribution >= 4 is 17.5 Å². The van der Waals surface area contributed by atoms with Crippen LogP contribution >= 0.6 is 0 Å². The number of rotatable bonds is 6. The van der Waals surface area contributed by atoms with Crippen molar-refractivity contribution in [2.45, 2.75) is 40.3 Å². The Kier molecular flexibility index (Phi) is 6.25. The van der Waals surface area contributed by atoms with Crippen molar-refractivity contribution < 1.29 is 14.0 Å². The molecule has 0 saturated heterocycles. The van der Waals surface area contributed by atoms with E-state index in [9.17, 15) is 14.0 Å². The van der Waals surface area contributed by atoms with Gasteiger partial charge in [0.2, 0.25) is 0 Å². The van der Waals surface area contributed by atoms with Crippen LogP contribution in [0.1, 0.15) is 57.6 Å². The molecule has 0 aliphatic rings. The number of hydrogen-bond donors (Lipinski definition) is 2. The Balaban J connectivity index is 1.77. The zero-order valence-corrected chi connectivity index (χ0v) is 17.4. The van der Waals surface area contributed by atoms with Crippen LogP contribution in [0, 0.1) is 19.7 Å². The summed E-state index contributed by atoms with van der Waals surface area (Å²) in [6.07, 6.45) is 1.45. The molecule has 30 heavy (non-hydrogen) atoms. The standard InChI is InChI=1S/C22H24FN5O2/c1-5-28-20(24-12-25-28)15(4)26-21(29)16-8-7-14(3)19(11-16)27-22(30)17-9-6-13(2)10-18(17)23/h6-12,15H,5H2,1-4H3,(H,26,29)(H,27,30). The predicted molar refractivity (Wildman–Crippen MR) is 112 cm³/mol.